The van der Waals surface area contributed by atoms with Crippen LogP contribution in [0.15, 0.2) is 54.3 Å². The van der Waals surface area contributed by atoms with E-state index in [-0.39, 0.29) is 11.6 Å². The monoisotopic (exact) mass is 269 g/mol. The molecule has 1 aliphatic rings. The molecule has 2 rings (SSSR count). The van der Waals surface area contributed by atoms with E-state index in [4.69, 9.17) is 0 Å². The van der Waals surface area contributed by atoms with Crippen LogP contribution in [0.2, 0.25) is 0 Å². The Morgan fingerprint density at radius 3 is 2.45 bits per heavy atom. The van der Waals surface area contributed by atoms with Crippen molar-refractivity contribution in [1.82, 2.24) is 0 Å². The standard InChI is InChI=1S/C17H19NO2/c1-2-3-7-12-18(14-8-5-4-6-9-14)16-13-15(19)10-11-17(16)20/h4-6,8-11,13H,2-3,7,12H2,1H3. The summed E-state index contributed by atoms with van der Waals surface area (Å²) < 4.78 is 0. The Balaban J connectivity index is 2.27. The molecule has 20 heavy (non-hydrogen) atoms. The van der Waals surface area contributed by atoms with Gasteiger partial charge in [-0.15, -0.1) is 0 Å². The van der Waals surface area contributed by atoms with Crippen molar-refractivity contribution in [2.75, 3.05) is 11.4 Å². The summed E-state index contributed by atoms with van der Waals surface area (Å²) in [4.78, 5) is 25.5. The Morgan fingerprint density at radius 2 is 1.75 bits per heavy atom. The molecule has 0 bridgehead atoms. The lowest BCUT2D eigenvalue weighted by molar-refractivity contribution is -0.114. The molecule has 3 nitrogen and oxygen atoms in total. The summed E-state index contributed by atoms with van der Waals surface area (Å²) >= 11 is 0. The summed E-state index contributed by atoms with van der Waals surface area (Å²) in [5.74, 6) is -0.235. The highest BCUT2D eigenvalue weighted by atomic mass is 16.1. The molecule has 0 aromatic heterocycles. The Hall–Kier alpha value is -2.16. The molecule has 0 aliphatic heterocycles. The summed E-state index contributed by atoms with van der Waals surface area (Å²) in [6.45, 7) is 2.89. The first-order chi connectivity index (χ1) is 9.72. The number of nitrogens with zero attached hydrogens (tertiary/aromatic N) is 1. The lowest BCUT2D eigenvalue weighted by Gasteiger charge is -2.27. The van der Waals surface area contributed by atoms with Gasteiger partial charge in [0, 0.05) is 18.3 Å². The highest BCUT2D eigenvalue weighted by molar-refractivity contribution is 6.18. The molecule has 3 heteroatoms. The van der Waals surface area contributed by atoms with Gasteiger partial charge in [0.05, 0.1) is 5.70 Å². The average molecular weight is 269 g/mol. The first-order valence-electron chi connectivity index (χ1n) is 7.03. The van der Waals surface area contributed by atoms with Crippen molar-refractivity contribution in [3.05, 3.63) is 54.3 Å². The minimum absolute atomic E-state index is 0.107. The normalized spacial score (nSPS) is 14.3. The third kappa shape index (κ3) is 3.44. The van der Waals surface area contributed by atoms with Crippen molar-refractivity contribution in [3.63, 3.8) is 0 Å². The quantitative estimate of drug-likeness (QED) is 0.587. The summed E-state index contributed by atoms with van der Waals surface area (Å²) in [5, 5.41) is 0. The minimum Gasteiger partial charge on any atom is -0.338 e. The van der Waals surface area contributed by atoms with E-state index in [0.29, 0.717) is 5.70 Å². The number of para-hydroxylation sites is 1. The Morgan fingerprint density at radius 1 is 1.00 bits per heavy atom. The molecule has 0 saturated carbocycles. The molecule has 1 aromatic carbocycles. The number of hydrogen-bond acceptors (Lipinski definition) is 3. The Kier molecular flexibility index (Phi) is 4.88. The molecule has 1 aromatic rings. The number of rotatable bonds is 6. The Bertz CT molecular complexity index is 543. The maximum atomic E-state index is 12.0. The molecular formula is C17H19NO2. The van der Waals surface area contributed by atoms with Crippen LogP contribution in [0.25, 0.3) is 0 Å². The number of carbonyl (C=O) groups excluding carboxylic acids is 2. The fourth-order valence-corrected chi connectivity index (χ4v) is 2.22. The maximum Gasteiger partial charge on any atom is 0.202 e. The molecule has 0 fully saturated rings. The van der Waals surface area contributed by atoms with Gasteiger partial charge in [-0.1, -0.05) is 38.0 Å². The van der Waals surface area contributed by atoms with Gasteiger partial charge in [0.15, 0.2) is 5.78 Å². The number of unbranched alkanes of at least 4 members (excludes halogenated alkanes) is 2. The van der Waals surface area contributed by atoms with Crippen molar-refractivity contribution in [3.8, 4) is 0 Å². The van der Waals surface area contributed by atoms with Gasteiger partial charge in [0.1, 0.15) is 0 Å². The van der Waals surface area contributed by atoms with E-state index in [9.17, 15) is 9.59 Å². The third-order valence-corrected chi connectivity index (χ3v) is 3.27. The summed E-state index contributed by atoms with van der Waals surface area (Å²) in [5.41, 5.74) is 1.42. The molecule has 0 amide bonds. The lowest BCUT2D eigenvalue weighted by atomic mass is 10.1. The summed E-state index contributed by atoms with van der Waals surface area (Å²) in [6.07, 6.45) is 7.33. The van der Waals surface area contributed by atoms with Gasteiger partial charge in [0.25, 0.3) is 0 Å². The molecule has 0 atom stereocenters. The van der Waals surface area contributed by atoms with Crippen molar-refractivity contribution >= 4 is 17.3 Å². The highest BCUT2D eigenvalue weighted by Crippen LogP contribution is 2.22. The molecular weight excluding hydrogens is 250 g/mol. The Labute approximate surface area is 119 Å². The fourth-order valence-electron chi connectivity index (χ4n) is 2.22. The molecule has 0 radical (unpaired) electrons. The van der Waals surface area contributed by atoms with E-state index in [1.165, 1.54) is 18.2 Å². The first-order valence-corrected chi connectivity index (χ1v) is 7.03. The van der Waals surface area contributed by atoms with Gasteiger partial charge in [-0.3, -0.25) is 9.59 Å². The van der Waals surface area contributed by atoms with Crippen molar-refractivity contribution in [2.24, 2.45) is 0 Å². The zero-order valence-corrected chi connectivity index (χ0v) is 11.7. The van der Waals surface area contributed by atoms with Gasteiger partial charge in [-0.2, -0.15) is 0 Å². The maximum absolute atomic E-state index is 12.0. The molecule has 0 spiro atoms. The lowest BCUT2D eigenvalue weighted by Crippen LogP contribution is -2.30. The SMILES string of the molecule is CCCCCN(C1=CC(=O)C=CC1=O)c1ccccc1. The highest BCUT2D eigenvalue weighted by Gasteiger charge is 2.20. The van der Waals surface area contributed by atoms with E-state index < -0.39 is 0 Å². The first kappa shape index (κ1) is 14.3. The van der Waals surface area contributed by atoms with Gasteiger partial charge >= 0.3 is 0 Å². The largest absolute Gasteiger partial charge is 0.338 e. The van der Waals surface area contributed by atoms with Gasteiger partial charge in [-0.25, -0.2) is 0 Å². The van der Waals surface area contributed by atoms with Crippen LogP contribution in [0.3, 0.4) is 0 Å². The number of carbonyl (C=O) groups is 2. The van der Waals surface area contributed by atoms with Crippen LogP contribution in [-0.2, 0) is 9.59 Å². The van der Waals surface area contributed by atoms with E-state index in [0.717, 1.165) is 31.5 Å². The second-order valence-corrected chi connectivity index (χ2v) is 4.82. The van der Waals surface area contributed by atoms with E-state index in [2.05, 4.69) is 6.92 Å². The second-order valence-electron chi connectivity index (χ2n) is 4.82. The predicted molar refractivity (Wildman–Crippen MR) is 80.6 cm³/mol. The van der Waals surface area contributed by atoms with Crippen LogP contribution in [0, 0.1) is 0 Å². The van der Waals surface area contributed by atoms with Gasteiger partial charge in [-0.05, 0) is 30.7 Å². The topological polar surface area (TPSA) is 37.4 Å². The number of anilines is 1. The number of allylic oxidation sites excluding steroid dienone is 3. The molecule has 0 heterocycles. The minimum atomic E-state index is -0.129. The average Bonchev–Trinajstić information content (AvgIpc) is 2.48. The van der Waals surface area contributed by atoms with Crippen LogP contribution < -0.4 is 4.90 Å². The van der Waals surface area contributed by atoms with E-state index in [1.807, 2.05) is 35.2 Å². The van der Waals surface area contributed by atoms with Crippen molar-refractivity contribution in [1.29, 1.82) is 0 Å². The molecule has 104 valence electrons. The molecule has 1 aliphatic carbocycles. The predicted octanol–water partition coefficient (Wildman–Crippen LogP) is 3.28. The number of benzene rings is 1. The fraction of sp³-hybridized carbons (Fsp3) is 0.294. The van der Waals surface area contributed by atoms with Crippen LogP contribution in [0.1, 0.15) is 26.2 Å². The molecule has 0 N–H and O–H groups in total. The van der Waals surface area contributed by atoms with E-state index in [1.54, 1.807) is 0 Å². The molecule has 0 unspecified atom stereocenters. The van der Waals surface area contributed by atoms with Gasteiger partial charge < -0.3 is 4.90 Å². The third-order valence-electron chi connectivity index (χ3n) is 3.27. The molecule has 0 saturated heterocycles. The summed E-state index contributed by atoms with van der Waals surface area (Å²) in [6, 6.07) is 9.74. The summed E-state index contributed by atoms with van der Waals surface area (Å²) in [7, 11) is 0. The zero-order chi connectivity index (χ0) is 14.4. The van der Waals surface area contributed by atoms with Crippen LogP contribution in [0.4, 0.5) is 5.69 Å². The zero-order valence-electron chi connectivity index (χ0n) is 11.7. The van der Waals surface area contributed by atoms with Crippen LogP contribution in [-0.4, -0.2) is 18.1 Å². The van der Waals surface area contributed by atoms with Crippen LogP contribution >= 0.6 is 0 Å². The van der Waals surface area contributed by atoms with E-state index >= 15 is 0 Å². The van der Waals surface area contributed by atoms with Crippen LogP contribution in [0.5, 0.6) is 0 Å². The number of ketones is 2. The second kappa shape index (κ2) is 6.85. The van der Waals surface area contributed by atoms with Crippen molar-refractivity contribution < 1.29 is 9.59 Å². The van der Waals surface area contributed by atoms with Crippen molar-refractivity contribution in [2.45, 2.75) is 26.2 Å². The smallest absolute Gasteiger partial charge is 0.202 e. The van der Waals surface area contributed by atoms with Gasteiger partial charge in [0.2, 0.25) is 5.78 Å². The number of hydrogen-bond donors (Lipinski definition) is 0.